The molecule has 0 saturated carbocycles. The molecule has 3 aliphatic rings. The highest BCUT2D eigenvalue weighted by Crippen LogP contribution is 2.58. The van der Waals surface area contributed by atoms with Crippen LogP contribution in [0.2, 0.25) is 5.02 Å². The number of ether oxygens (including phenoxy) is 1. The molecule has 3 aromatic rings. The van der Waals surface area contributed by atoms with Crippen LogP contribution >= 0.6 is 11.6 Å². The number of nitro benzene ring substituents is 1. The van der Waals surface area contributed by atoms with Crippen molar-refractivity contribution in [2.45, 2.75) is 11.7 Å². The van der Waals surface area contributed by atoms with Gasteiger partial charge in [-0.1, -0.05) is 48.0 Å². The molecule has 3 atom stereocenters. The van der Waals surface area contributed by atoms with E-state index in [1.54, 1.807) is 24.3 Å². The third-order valence-electron chi connectivity index (χ3n) is 7.04. The molecule has 0 radical (unpaired) electrons. The summed E-state index contributed by atoms with van der Waals surface area (Å²) < 4.78 is 6.16. The van der Waals surface area contributed by atoms with Gasteiger partial charge in [0.05, 0.1) is 33.6 Å². The molecule has 1 spiro atoms. The Morgan fingerprint density at radius 1 is 0.833 bits per heavy atom. The smallest absolute Gasteiger partial charge is 0.269 e. The summed E-state index contributed by atoms with van der Waals surface area (Å²) in [6.07, 6.45) is -1.18. The Bertz CT molecular complexity index is 1480. The molecule has 2 saturated heterocycles. The minimum Gasteiger partial charge on any atom is -0.349 e. The van der Waals surface area contributed by atoms with Crippen LogP contribution in [0.3, 0.4) is 0 Å². The van der Waals surface area contributed by atoms with Crippen molar-refractivity contribution >= 4 is 46.4 Å². The zero-order valence-electron chi connectivity index (χ0n) is 18.3. The van der Waals surface area contributed by atoms with Gasteiger partial charge < -0.3 is 4.74 Å². The Morgan fingerprint density at radius 2 is 1.42 bits per heavy atom. The summed E-state index contributed by atoms with van der Waals surface area (Å²) in [5.41, 5.74) is -1.73. The van der Waals surface area contributed by atoms with Crippen LogP contribution in [-0.4, -0.2) is 33.9 Å². The fourth-order valence-electron chi connectivity index (χ4n) is 5.47. The Balaban J connectivity index is 1.54. The van der Waals surface area contributed by atoms with Crippen molar-refractivity contribution < 1.29 is 28.8 Å². The number of para-hydroxylation sites is 1. The number of non-ortho nitro benzene ring substituents is 1. The summed E-state index contributed by atoms with van der Waals surface area (Å²) in [6.45, 7) is 0. The number of anilines is 1. The van der Waals surface area contributed by atoms with Gasteiger partial charge in [-0.05, 0) is 29.8 Å². The normalized spacial score (nSPS) is 23.9. The number of halogens is 1. The average molecular weight is 503 g/mol. The second-order valence-corrected chi connectivity index (χ2v) is 9.20. The summed E-state index contributed by atoms with van der Waals surface area (Å²) in [5, 5.41) is 11.3. The lowest BCUT2D eigenvalue weighted by Crippen LogP contribution is -2.51. The van der Waals surface area contributed by atoms with Gasteiger partial charge in [-0.15, -0.1) is 0 Å². The topological polar surface area (TPSA) is 124 Å². The van der Waals surface area contributed by atoms with Gasteiger partial charge in [0.2, 0.25) is 29.0 Å². The van der Waals surface area contributed by atoms with E-state index in [2.05, 4.69) is 0 Å². The first-order valence-corrected chi connectivity index (χ1v) is 11.4. The lowest BCUT2D eigenvalue weighted by atomic mass is 9.77. The van der Waals surface area contributed by atoms with Crippen LogP contribution in [0.1, 0.15) is 32.4 Å². The summed E-state index contributed by atoms with van der Waals surface area (Å²) in [5.74, 6) is -5.48. The van der Waals surface area contributed by atoms with Crippen molar-refractivity contribution in [2.24, 2.45) is 11.8 Å². The number of rotatable bonds is 3. The average Bonchev–Trinajstić information content (AvgIpc) is 3.45. The number of nitro groups is 1. The third kappa shape index (κ3) is 2.75. The molecule has 1 aliphatic carbocycles. The number of Topliss-reactive ketones (excluding diaryl/α,β-unsaturated/α-hetero) is 2. The van der Waals surface area contributed by atoms with E-state index in [0.717, 1.165) is 4.90 Å². The maximum atomic E-state index is 13.8. The number of hydrogen-bond acceptors (Lipinski definition) is 7. The van der Waals surface area contributed by atoms with Gasteiger partial charge >= 0.3 is 0 Å². The van der Waals surface area contributed by atoms with Gasteiger partial charge in [0.15, 0.2) is 0 Å². The quantitative estimate of drug-likeness (QED) is 0.230. The standard InChI is InChI=1S/C26H15ClN2O7/c27-17-7-3-4-8-18(17)28-24(32)19-20(25(28)33)26(22(30)15-5-1-2-6-16(15)23(26)31)36-21(19)13-9-11-14(12-10-13)29(34)35/h1-12,19-21H. The van der Waals surface area contributed by atoms with Crippen LogP contribution in [0.15, 0.2) is 72.8 Å². The molecule has 2 heterocycles. The summed E-state index contributed by atoms with van der Waals surface area (Å²) in [4.78, 5) is 66.5. The van der Waals surface area contributed by atoms with Gasteiger partial charge in [0.25, 0.3) is 5.69 Å². The number of carbonyl (C=O) groups is 4. The molecule has 178 valence electrons. The number of fused-ring (bicyclic) bond motifs is 3. The van der Waals surface area contributed by atoms with Crippen molar-refractivity contribution in [3.8, 4) is 0 Å². The van der Waals surface area contributed by atoms with Crippen LogP contribution in [0.25, 0.3) is 0 Å². The highest BCUT2D eigenvalue weighted by Gasteiger charge is 2.74. The number of nitrogens with zero attached hydrogens (tertiary/aromatic N) is 2. The van der Waals surface area contributed by atoms with Crippen LogP contribution < -0.4 is 4.90 Å². The summed E-state index contributed by atoms with van der Waals surface area (Å²) in [7, 11) is 0. The van der Waals surface area contributed by atoms with Crippen LogP contribution in [0, 0.1) is 22.0 Å². The molecule has 3 aromatic carbocycles. The SMILES string of the molecule is O=C1C2C(c3ccc([N+](=O)[O-])cc3)OC3(C(=O)c4ccccc4C3=O)C2C(=O)N1c1ccccc1Cl. The van der Waals surface area contributed by atoms with E-state index in [1.807, 2.05) is 0 Å². The summed E-state index contributed by atoms with van der Waals surface area (Å²) >= 11 is 6.30. The van der Waals surface area contributed by atoms with Crippen LogP contribution in [0.5, 0.6) is 0 Å². The molecule has 0 bridgehead atoms. The van der Waals surface area contributed by atoms with Crippen molar-refractivity contribution in [1.82, 2.24) is 0 Å². The lowest BCUT2D eigenvalue weighted by molar-refractivity contribution is -0.384. The Hall–Kier alpha value is -4.21. The van der Waals surface area contributed by atoms with Gasteiger partial charge in [-0.3, -0.25) is 29.3 Å². The van der Waals surface area contributed by atoms with E-state index in [9.17, 15) is 29.3 Å². The zero-order chi connectivity index (χ0) is 25.4. The molecule has 36 heavy (non-hydrogen) atoms. The minimum atomic E-state index is -2.23. The molecular formula is C26H15ClN2O7. The first-order valence-electron chi connectivity index (χ1n) is 11.0. The maximum absolute atomic E-state index is 13.8. The van der Waals surface area contributed by atoms with Gasteiger partial charge in [-0.25, -0.2) is 4.90 Å². The molecule has 2 fully saturated rings. The van der Waals surface area contributed by atoms with E-state index >= 15 is 0 Å². The molecule has 2 aliphatic heterocycles. The first-order chi connectivity index (χ1) is 17.3. The van der Waals surface area contributed by atoms with Gasteiger partial charge in [0, 0.05) is 23.3 Å². The molecule has 0 N–H and O–H groups in total. The third-order valence-corrected chi connectivity index (χ3v) is 7.36. The number of benzene rings is 3. The van der Waals surface area contributed by atoms with Crippen molar-refractivity contribution in [3.05, 3.63) is 105 Å². The predicted molar refractivity (Wildman–Crippen MR) is 126 cm³/mol. The molecule has 9 nitrogen and oxygen atoms in total. The largest absolute Gasteiger partial charge is 0.349 e. The number of carbonyl (C=O) groups excluding carboxylic acids is 4. The second-order valence-electron chi connectivity index (χ2n) is 8.79. The Labute approximate surface area is 208 Å². The van der Waals surface area contributed by atoms with Crippen molar-refractivity contribution in [1.29, 1.82) is 0 Å². The first kappa shape index (κ1) is 22.3. The maximum Gasteiger partial charge on any atom is 0.269 e. The zero-order valence-corrected chi connectivity index (χ0v) is 19.0. The molecule has 3 unspecified atom stereocenters. The lowest BCUT2D eigenvalue weighted by Gasteiger charge is -2.27. The van der Waals surface area contributed by atoms with Crippen LogP contribution in [0.4, 0.5) is 11.4 Å². The predicted octanol–water partition coefficient (Wildman–Crippen LogP) is 3.94. The molecule has 6 rings (SSSR count). The highest BCUT2D eigenvalue weighted by molar-refractivity contribution is 6.39. The molecule has 2 amide bonds. The Morgan fingerprint density at radius 3 is 2.00 bits per heavy atom. The van der Waals surface area contributed by atoms with E-state index in [4.69, 9.17) is 16.3 Å². The number of ketones is 2. The van der Waals surface area contributed by atoms with Crippen molar-refractivity contribution in [3.63, 3.8) is 0 Å². The molecular weight excluding hydrogens is 488 g/mol. The number of hydrogen-bond donors (Lipinski definition) is 0. The van der Waals surface area contributed by atoms with E-state index < -0.39 is 51.8 Å². The summed E-state index contributed by atoms with van der Waals surface area (Å²) in [6, 6.07) is 17.7. The van der Waals surface area contributed by atoms with E-state index in [-0.39, 0.29) is 27.5 Å². The van der Waals surface area contributed by atoms with Gasteiger partial charge in [-0.2, -0.15) is 0 Å². The fraction of sp³-hybridized carbons (Fsp3) is 0.154. The van der Waals surface area contributed by atoms with Crippen molar-refractivity contribution in [2.75, 3.05) is 4.90 Å². The van der Waals surface area contributed by atoms with Gasteiger partial charge in [0.1, 0.15) is 0 Å². The van der Waals surface area contributed by atoms with E-state index in [0.29, 0.717) is 5.56 Å². The highest BCUT2D eigenvalue weighted by atomic mass is 35.5. The molecule has 0 aromatic heterocycles. The Kier molecular flexibility index (Phi) is 4.73. The number of amides is 2. The molecule has 10 heteroatoms. The monoisotopic (exact) mass is 502 g/mol. The van der Waals surface area contributed by atoms with E-state index in [1.165, 1.54) is 48.5 Å². The number of imide groups is 1. The second kappa shape index (κ2) is 7.64. The minimum absolute atomic E-state index is 0.113. The van der Waals surface area contributed by atoms with Crippen LogP contribution in [-0.2, 0) is 14.3 Å². The fourth-order valence-corrected chi connectivity index (χ4v) is 5.69.